The fourth-order valence-electron chi connectivity index (χ4n) is 1.34. The number of rotatable bonds is 4. The highest BCUT2D eigenvalue weighted by Crippen LogP contribution is 2.31. The molecule has 0 atom stereocenters. The lowest BCUT2D eigenvalue weighted by atomic mass is 10.2. The van der Waals surface area contributed by atoms with Crippen LogP contribution in [0.15, 0.2) is 18.2 Å². The average molecular weight is 209 g/mol. The van der Waals surface area contributed by atoms with Crippen molar-refractivity contribution in [1.82, 2.24) is 0 Å². The minimum atomic E-state index is 0.461. The summed E-state index contributed by atoms with van der Waals surface area (Å²) < 4.78 is 10.4. The zero-order valence-electron chi connectivity index (χ0n) is 10.1. The van der Waals surface area contributed by atoms with Crippen LogP contribution in [0.3, 0.4) is 0 Å². The molecule has 0 aliphatic heterocycles. The molecule has 0 saturated heterocycles. The molecule has 84 valence electrons. The van der Waals surface area contributed by atoms with E-state index in [9.17, 15) is 0 Å². The Balaban J connectivity index is 3.02. The molecule has 1 rings (SSSR count). The van der Waals surface area contributed by atoms with E-state index >= 15 is 0 Å². The van der Waals surface area contributed by atoms with Crippen LogP contribution in [0.1, 0.15) is 13.8 Å². The predicted octanol–water partition coefficient (Wildman–Crippen LogP) is 2.55. The molecule has 1 aromatic carbocycles. The maximum atomic E-state index is 5.26. The first-order valence-electron chi connectivity index (χ1n) is 5.05. The molecule has 0 amide bonds. The Hall–Kier alpha value is -1.38. The molecule has 0 heterocycles. The molecule has 0 N–H and O–H groups in total. The van der Waals surface area contributed by atoms with Crippen molar-refractivity contribution in [2.75, 3.05) is 26.2 Å². The van der Waals surface area contributed by atoms with Crippen molar-refractivity contribution in [1.29, 1.82) is 0 Å². The summed E-state index contributed by atoms with van der Waals surface area (Å²) in [6.45, 7) is 4.30. The van der Waals surface area contributed by atoms with Crippen LogP contribution in [0.25, 0.3) is 0 Å². The lowest BCUT2D eigenvalue weighted by Gasteiger charge is -2.24. The van der Waals surface area contributed by atoms with Crippen molar-refractivity contribution in [3.8, 4) is 11.5 Å². The van der Waals surface area contributed by atoms with Crippen LogP contribution >= 0.6 is 0 Å². The van der Waals surface area contributed by atoms with E-state index in [-0.39, 0.29) is 0 Å². The fraction of sp³-hybridized carbons (Fsp3) is 0.500. The highest BCUT2D eigenvalue weighted by molar-refractivity contribution is 5.56. The zero-order chi connectivity index (χ0) is 11.4. The lowest BCUT2D eigenvalue weighted by Crippen LogP contribution is -2.25. The molecular formula is C12H19NO2. The van der Waals surface area contributed by atoms with Crippen molar-refractivity contribution in [2.45, 2.75) is 19.9 Å². The Morgan fingerprint density at radius 2 is 1.67 bits per heavy atom. The van der Waals surface area contributed by atoms with Gasteiger partial charge in [0.2, 0.25) is 0 Å². The first-order valence-corrected chi connectivity index (χ1v) is 5.05. The summed E-state index contributed by atoms with van der Waals surface area (Å²) in [5.41, 5.74) is 1.13. The largest absolute Gasteiger partial charge is 0.493 e. The standard InChI is InChI=1S/C12H19NO2/c1-9(2)13(3)10-6-7-11(14-4)12(8-10)15-5/h6-9H,1-5H3. The summed E-state index contributed by atoms with van der Waals surface area (Å²) >= 11 is 0. The van der Waals surface area contributed by atoms with Gasteiger partial charge in [0, 0.05) is 24.8 Å². The second-order valence-corrected chi connectivity index (χ2v) is 3.74. The Labute approximate surface area is 91.6 Å². The highest BCUT2D eigenvalue weighted by atomic mass is 16.5. The molecule has 0 saturated carbocycles. The van der Waals surface area contributed by atoms with Gasteiger partial charge in [0.1, 0.15) is 0 Å². The first kappa shape index (κ1) is 11.7. The van der Waals surface area contributed by atoms with Gasteiger partial charge in [-0.05, 0) is 26.0 Å². The third-order valence-corrected chi connectivity index (χ3v) is 2.55. The molecule has 0 unspecified atom stereocenters. The fourth-order valence-corrected chi connectivity index (χ4v) is 1.34. The Kier molecular flexibility index (Phi) is 3.83. The van der Waals surface area contributed by atoms with Crippen molar-refractivity contribution in [3.05, 3.63) is 18.2 Å². The average Bonchev–Trinajstić information content (AvgIpc) is 2.26. The highest BCUT2D eigenvalue weighted by Gasteiger charge is 2.09. The minimum absolute atomic E-state index is 0.461. The third kappa shape index (κ3) is 2.55. The van der Waals surface area contributed by atoms with Gasteiger partial charge in [0.05, 0.1) is 14.2 Å². The van der Waals surface area contributed by atoms with Gasteiger partial charge in [0.15, 0.2) is 11.5 Å². The normalized spacial score (nSPS) is 10.3. The van der Waals surface area contributed by atoms with Crippen LogP contribution < -0.4 is 14.4 Å². The van der Waals surface area contributed by atoms with Crippen molar-refractivity contribution in [2.24, 2.45) is 0 Å². The summed E-state index contributed by atoms with van der Waals surface area (Å²) in [5.74, 6) is 1.53. The van der Waals surface area contributed by atoms with Crippen molar-refractivity contribution < 1.29 is 9.47 Å². The summed E-state index contributed by atoms with van der Waals surface area (Å²) in [4.78, 5) is 2.18. The monoisotopic (exact) mass is 209 g/mol. The minimum Gasteiger partial charge on any atom is -0.493 e. The summed E-state index contributed by atoms with van der Waals surface area (Å²) in [5, 5.41) is 0. The SMILES string of the molecule is COc1ccc(N(C)C(C)C)cc1OC. The van der Waals surface area contributed by atoms with Gasteiger partial charge in [-0.15, -0.1) is 0 Å². The molecule has 0 aliphatic rings. The van der Waals surface area contributed by atoms with E-state index in [0.717, 1.165) is 17.2 Å². The number of methoxy groups -OCH3 is 2. The lowest BCUT2D eigenvalue weighted by molar-refractivity contribution is 0.355. The Morgan fingerprint density at radius 1 is 1.07 bits per heavy atom. The number of anilines is 1. The van der Waals surface area contributed by atoms with E-state index in [4.69, 9.17) is 9.47 Å². The number of ether oxygens (including phenoxy) is 2. The van der Waals surface area contributed by atoms with E-state index < -0.39 is 0 Å². The van der Waals surface area contributed by atoms with Crippen molar-refractivity contribution in [3.63, 3.8) is 0 Å². The van der Waals surface area contributed by atoms with E-state index in [2.05, 4.69) is 25.8 Å². The quantitative estimate of drug-likeness (QED) is 0.760. The van der Waals surface area contributed by atoms with E-state index in [0.29, 0.717) is 6.04 Å². The van der Waals surface area contributed by atoms with Gasteiger partial charge in [0.25, 0.3) is 0 Å². The Morgan fingerprint density at radius 3 is 2.13 bits per heavy atom. The van der Waals surface area contributed by atoms with Gasteiger partial charge in [-0.25, -0.2) is 0 Å². The molecule has 15 heavy (non-hydrogen) atoms. The predicted molar refractivity (Wildman–Crippen MR) is 63.1 cm³/mol. The summed E-state index contributed by atoms with van der Waals surface area (Å²) in [7, 11) is 5.35. The number of hydrogen-bond donors (Lipinski definition) is 0. The maximum absolute atomic E-state index is 5.26. The van der Waals surface area contributed by atoms with Crippen LogP contribution in [-0.4, -0.2) is 27.3 Å². The molecule has 1 aromatic rings. The Bertz CT molecular complexity index is 323. The molecule has 0 aliphatic carbocycles. The topological polar surface area (TPSA) is 21.7 Å². The molecule has 0 bridgehead atoms. The van der Waals surface area contributed by atoms with Crippen LogP contribution in [-0.2, 0) is 0 Å². The van der Waals surface area contributed by atoms with Crippen LogP contribution in [0.2, 0.25) is 0 Å². The van der Waals surface area contributed by atoms with Gasteiger partial charge in [-0.2, -0.15) is 0 Å². The molecule has 0 radical (unpaired) electrons. The van der Waals surface area contributed by atoms with E-state index in [1.54, 1.807) is 14.2 Å². The van der Waals surface area contributed by atoms with Gasteiger partial charge in [-0.3, -0.25) is 0 Å². The first-order chi connectivity index (χ1) is 7.10. The number of benzene rings is 1. The number of hydrogen-bond acceptors (Lipinski definition) is 3. The van der Waals surface area contributed by atoms with Crippen molar-refractivity contribution >= 4 is 5.69 Å². The van der Waals surface area contributed by atoms with Gasteiger partial charge < -0.3 is 14.4 Å². The van der Waals surface area contributed by atoms with Gasteiger partial charge >= 0.3 is 0 Å². The molecular weight excluding hydrogens is 190 g/mol. The second-order valence-electron chi connectivity index (χ2n) is 3.74. The number of nitrogens with zero attached hydrogens (tertiary/aromatic N) is 1. The zero-order valence-corrected chi connectivity index (χ0v) is 10.1. The molecule has 3 heteroatoms. The van der Waals surface area contributed by atoms with Crippen LogP contribution in [0.5, 0.6) is 11.5 Å². The second kappa shape index (κ2) is 4.91. The van der Waals surface area contributed by atoms with E-state index in [1.807, 2.05) is 18.2 Å². The van der Waals surface area contributed by atoms with Crippen LogP contribution in [0, 0.1) is 0 Å². The molecule has 0 fully saturated rings. The summed E-state index contributed by atoms with van der Waals surface area (Å²) in [6, 6.07) is 6.40. The third-order valence-electron chi connectivity index (χ3n) is 2.55. The molecule has 0 spiro atoms. The maximum Gasteiger partial charge on any atom is 0.162 e. The summed E-state index contributed by atoms with van der Waals surface area (Å²) in [6.07, 6.45) is 0. The molecule has 3 nitrogen and oxygen atoms in total. The van der Waals surface area contributed by atoms with E-state index in [1.165, 1.54) is 0 Å². The molecule has 0 aromatic heterocycles. The smallest absolute Gasteiger partial charge is 0.162 e. The van der Waals surface area contributed by atoms with Gasteiger partial charge in [-0.1, -0.05) is 0 Å². The van der Waals surface area contributed by atoms with Crippen LogP contribution in [0.4, 0.5) is 5.69 Å².